The number of carboxylic acids is 1. The number of likely N-dealkylation sites (tertiary alicyclic amines) is 2. The summed E-state index contributed by atoms with van der Waals surface area (Å²) in [6.45, 7) is 1.78. The van der Waals surface area contributed by atoms with E-state index in [0.29, 0.717) is 12.3 Å². The van der Waals surface area contributed by atoms with Gasteiger partial charge in [0, 0.05) is 19.6 Å². The molecule has 0 saturated carbocycles. The van der Waals surface area contributed by atoms with Gasteiger partial charge >= 0.3 is 5.97 Å². The third-order valence-corrected chi connectivity index (χ3v) is 5.11. The molecule has 0 spiro atoms. The molecule has 1 atom stereocenters. The highest BCUT2D eigenvalue weighted by Crippen LogP contribution is 2.24. The van der Waals surface area contributed by atoms with Crippen LogP contribution in [0.5, 0.6) is 5.75 Å². The van der Waals surface area contributed by atoms with Crippen LogP contribution in [0.4, 0.5) is 4.39 Å². The highest BCUT2D eigenvalue weighted by Gasteiger charge is 2.34. The Hall–Kier alpha value is -2.15. The Kier molecular flexibility index (Phi) is 6.08. The van der Waals surface area contributed by atoms with Gasteiger partial charge in [0.25, 0.3) is 0 Å². The quantitative estimate of drug-likeness (QED) is 0.867. The van der Waals surface area contributed by atoms with Gasteiger partial charge in [-0.25, -0.2) is 4.39 Å². The first kappa shape index (κ1) is 18.6. The van der Waals surface area contributed by atoms with Crippen molar-refractivity contribution in [3.8, 4) is 5.75 Å². The highest BCUT2D eigenvalue weighted by molar-refractivity contribution is 5.85. The Bertz CT molecular complexity index is 629. The van der Waals surface area contributed by atoms with Crippen molar-refractivity contribution >= 4 is 11.9 Å². The van der Waals surface area contributed by atoms with E-state index in [1.807, 2.05) is 0 Å². The second-order valence-electron chi connectivity index (χ2n) is 6.97. The summed E-state index contributed by atoms with van der Waals surface area (Å²) in [5.41, 5.74) is 0. The number of hydrogen-bond donors (Lipinski definition) is 1. The van der Waals surface area contributed by atoms with Gasteiger partial charge in [0.05, 0.1) is 6.04 Å². The molecule has 7 heteroatoms. The summed E-state index contributed by atoms with van der Waals surface area (Å²) in [4.78, 5) is 27.4. The van der Waals surface area contributed by atoms with Crippen LogP contribution < -0.4 is 4.74 Å². The number of carboxylic acid groups (broad SMARTS) is 1. The Morgan fingerprint density at radius 2 is 1.81 bits per heavy atom. The third kappa shape index (κ3) is 4.72. The topological polar surface area (TPSA) is 70.1 Å². The molecule has 3 rings (SSSR count). The SMILES string of the molecule is O=C(O)CN1CCCCC(N2CCC(Oc3ccc(F)cc3)CC2)C1=O. The molecule has 2 aliphatic rings. The fraction of sp³-hybridized carbons (Fsp3) is 0.579. The maximum atomic E-state index is 13.0. The number of hydrogen-bond acceptors (Lipinski definition) is 4. The van der Waals surface area contributed by atoms with Gasteiger partial charge in [0.15, 0.2) is 0 Å². The van der Waals surface area contributed by atoms with Gasteiger partial charge in [-0.2, -0.15) is 0 Å². The van der Waals surface area contributed by atoms with Crippen LogP contribution in [-0.4, -0.2) is 65.1 Å². The number of rotatable bonds is 5. The lowest BCUT2D eigenvalue weighted by atomic mass is 10.0. The van der Waals surface area contributed by atoms with Crippen molar-refractivity contribution < 1.29 is 23.8 Å². The summed E-state index contributed by atoms with van der Waals surface area (Å²) in [6.07, 6.45) is 4.18. The number of halogens is 1. The van der Waals surface area contributed by atoms with E-state index in [0.717, 1.165) is 45.2 Å². The van der Waals surface area contributed by atoms with Gasteiger partial charge < -0.3 is 14.7 Å². The number of amides is 1. The molecule has 0 radical (unpaired) electrons. The van der Waals surface area contributed by atoms with Gasteiger partial charge in [-0.15, -0.1) is 0 Å². The lowest BCUT2D eigenvalue weighted by molar-refractivity contribution is -0.146. The van der Waals surface area contributed by atoms with E-state index >= 15 is 0 Å². The maximum absolute atomic E-state index is 13.0. The molecule has 0 aliphatic carbocycles. The lowest BCUT2D eigenvalue weighted by Crippen LogP contribution is -2.52. The molecule has 6 nitrogen and oxygen atoms in total. The molecule has 1 unspecified atom stereocenters. The maximum Gasteiger partial charge on any atom is 0.323 e. The van der Waals surface area contributed by atoms with Crippen molar-refractivity contribution in [1.82, 2.24) is 9.80 Å². The fourth-order valence-electron chi connectivity index (χ4n) is 3.75. The molecule has 1 aromatic carbocycles. The summed E-state index contributed by atoms with van der Waals surface area (Å²) in [5.74, 6) is -0.666. The number of ether oxygens (including phenoxy) is 1. The standard InChI is InChI=1S/C19H25FN2O4/c20-14-4-6-15(7-5-14)26-16-8-11-21(12-9-16)17-3-1-2-10-22(19(17)25)13-18(23)24/h4-7,16-17H,1-3,8-13H2,(H,23,24). The smallest absolute Gasteiger partial charge is 0.323 e. The minimum absolute atomic E-state index is 0.0488. The van der Waals surface area contributed by atoms with Crippen LogP contribution in [-0.2, 0) is 9.59 Å². The van der Waals surface area contributed by atoms with E-state index in [2.05, 4.69) is 4.90 Å². The Balaban J connectivity index is 1.55. The van der Waals surface area contributed by atoms with Crippen LogP contribution in [0.3, 0.4) is 0 Å². The average molecular weight is 364 g/mol. The van der Waals surface area contributed by atoms with Crippen LogP contribution in [0.25, 0.3) is 0 Å². The largest absolute Gasteiger partial charge is 0.490 e. The van der Waals surface area contributed by atoms with Crippen LogP contribution >= 0.6 is 0 Å². The van der Waals surface area contributed by atoms with Gasteiger partial charge in [0.2, 0.25) is 5.91 Å². The minimum Gasteiger partial charge on any atom is -0.490 e. The number of piperidine rings is 1. The Morgan fingerprint density at radius 1 is 1.12 bits per heavy atom. The molecule has 142 valence electrons. The van der Waals surface area contributed by atoms with Crippen molar-refractivity contribution in [2.75, 3.05) is 26.2 Å². The van der Waals surface area contributed by atoms with E-state index < -0.39 is 5.97 Å². The van der Waals surface area contributed by atoms with Gasteiger partial charge in [-0.3, -0.25) is 14.5 Å². The Morgan fingerprint density at radius 3 is 2.46 bits per heavy atom. The number of carbonyl (C=O) groups excluding carboxylic acids is 1. The van der Waals surface area contributed by atoms with E-state index in [9.17, 15) is 14.0 Å². The normalized spacial score (nSPS) is 22.9. The summed E-state index contributed by atoms with van der Waals surface area (Å²) < 4.78 is 18.9. The molecule has 2 saturated heterocycles. The predicted molar refractivity (Wildman–Crippen MR) is 93.5 cm³/mol. The van der Waals surface area contributed by atoms with E-state index in [1.165, 1.54) is 17.0 Å². The predicted octanol–water partition coefficient (Wildman–Crippen LogP) is 2.13. The van der Waals surface area contributed by atoms with Gasteiger partial charge in [-0.1, -0.05) is 0 Å². The number of aliphatic carboxylic acids is 1. The number of nitrogens with zero attached hydrogens (tertiary/aromatic N) is 2. The minimum atomic E-state index is -0.967. The molecule has 1 N–H and O–H groups in total. The molecular weight excluding hydrogens is 339 g/mol. The number of carbonyl (C=O) groups is 2. The molecule has 1 amide bonds. The highest BCUT2D eigenvalue weighted by atomic mass is 19.1. The van der Waals surface area contributed by atoms with Crippen LogP contribution in [0.2, 0.25) is 0 Å². The zero-order chi connectivity index (χ0) is 18.5. The van der Waals surface area contributed by atoms with Crippen LogP contribution in [0.15, 0.2) is 24.3 Å². The molecule has 2 aliphatic heterocycles. The monoisotopic (exact) mass is 364 g/mol. The molecule has 2 fully saturated rings. The third-order valence-electron chi connectivity index (χ3n) is 5.11. The summed E-state index contributed by atoms with van der Waals surface area (Å²) in [5, 5.41) is 9.02. The van der Waals surface area contributed by atoms with Crippen molar-refractivity contribution in [1.29, 1.82) is 0 Å². The molecule has 1 aromatic rings. The molecule has 2 heterocycles. The van der Waals surface area contributed by atoms with Gasteiger partial charge in [-0.05, 0) is 56.4 Å². The second kappa shape index (κ2) is 8.49. The van der Waals surface area contributed by atoms with E-state index in [4.69, 9.17) is 9.84 Å². The zero-order valence-corrected chi connectivity index (χ0v) is 14.8. The molecular formula is C19H25FN2O4. The van der Waals surface area contributed by atoms with Crippen molar-refractivity contribution in [3.05, 3.63) is 30.1 Å². The van der Waals surface area contributed by atoms with Crippen molar-refractivity contribution in [2.45, 2.75) is 44.2 Å². The average Bonchev–Trinajstić information content (AvgIpc) is 2.80. The summed E-state index contributed by atoms with van der Waals surface area (Å²) >= 11 is 0. The van der Waals surface area contributed by atoms with E-state index in [-0.39, 0.29) is 30.4 Å². The summed E-state index contributed by atoms with van der Waals surface area (Å²) in [7, 11) is 0. The fourth-order valence-corrected chi connectivity index (χ4v) is 3.75. The van der Waals surface area contributed by atoms with Crippen molar-refractivity contribution in [2.24, 2.45) is 0 Å². The van der Waals surface area contributed by atoms with Crippen LogP contribution in [0, 0.1) is 5.82 Å². The molecule has 26 heavy (non-hydrogen) atoms. The van der Waals surface area contributed by atoms with Crippen molar-refractivity contribution in [3.63, 3.8) is 0 Å². The van der Waals surface area contributed by atoms with Gasteiger partial charge in [0.1, 0.15) is 24.2 Å². The molecule has 0 aromatic heterocycles. The lowest BCUT2D eigenvalue weighted by Gasteiger charge is -2.37. The summed E-state index contributed by atoms with van der Waals surface area (Å²) in [6, 6.07) is 5.78. The van der Waals surface area contributed by atoms with E-state index in [1.54, 1.807) is 12.1 Å². The number of benzene rings is 1. The first-order valence-electron chi connectivity index (χ1n) is 9.20. The Labute approximate surface area is 152 Å². The first-order valence-corrected chi connectivity index (χ1v) is 9.20. The zero-order valence-electron chi connectivity index (χ0n) is 14.8. The first-order chi connectivity index (χ1) is 12.5. The van der Waals surface area contributed by atoms with Crippen LogP contribution in [0.1, 0.15) is 32.1 Å². The molecule has 0 bridgehead atoms. The second-order valence-corrected chi connectivity index (χ2v) is 6.97.